The molecule has 7 nitrogen and oxygen atoms in total. The smallest absolute Gasteiger partial charge is 0.225 e. The first kappa shape index (κ1) is 20.5. The fourth-order valence-corrected chi connectivity index (χ4v) is 4.30. The van der Waals surface area contributed by atoms with Crippen LogP contribution in [0.4, 0.5) is 10.3 Å². The van der Waals surface area contributed by atoms with Crippen molar-refractivity contribution in [3.8, 4) is 0 Å². The third-order valence-corrected chi connectivity index (χ3v) is 6.10. The molecule has 160 valence electrons. The largest absolute Gasteiger partial charge is 0.381 e. The van der Waals surface area contributed by atoms with Crippen molar-refractivity contribution in [1.82, 2.24) is 20.2 Å². The molecule has 4 rings (SSSR count). The summed E-state index contributed by atoms with van der Waals surface area (Å²) in [4.78, 5) is 17.7. The van der Waals surface area contributed by atoms with E-state index in [-0.39, 0.29) is 11.2 Å². The summed E-state index contributed by atoms with van der Waals surface area (Å²) >= 11 is 0. The summed E-state index contributed by atoms with van der Waals surface area (Å²) in [7, 11) is 1.81. The van der Waals surface area contributed by atoms with Gasteiger partial charge in [-0.3, -0.25) is 4.99 Å². The van der Waals surface area contributed by atoms with Crippen LogP contribution in [0.25, 0.3) is 0 Å². The number of nitrogens with zero attached hydrogens (tertiary/aromatic N) is 5. The van der Waals surface area contributed by atoms with Gasteiger partial charge < -0.3 is 19.9 Å². The number of hydrogen-bond donors (Lipinski definition) is 1. The summed E-state index contributed by atoms with van der Waals surface area (Å²) in [5.74, 6) is 1.46. The highest BCUT2D eigenvalue weighted by Gasteiger charge is 2.35. The van der Waals surface area contributed by atoms with E-state index in [0.717, 1.165) is 56.5 Å². The fraction of sp³-hybridized carbons (Fsp3) is 0.500. The van der Waals surface area contributed by atoms with Crippen LogP contribution < -0.4 is 10.2 Å². The van der Waals surface area contributed by atoms with E-state index in [9.17, 15) is 4.39 Å². The Morgan fingerprint density at radius 2 is 1.87 bits per heavy atom. The third-order valence-electron chi connectivity index (χ3n) is 6.10. The van der Waals surface area contributed by atoms with Crippen molar-refractivity contribution in [3.05, 3.63) is 54.1 Å². The average molecular weight is 413 g/mol. The average Bonchev–Trinajstić information content (AvgIpc) is 2.81. The number of guanidine groups is 1. The second kappa shape index (κ2) is 9.38. The Morgan fingerprint density at radius 1 is 1.13 bits per heavy atom. The summed E-state index contributed by atoms with van der Waals surface area (Å²) in [6.45, 7) is 5.44. The molecule has 2 saturated heterocycles. The summed E-state index contributed by atoms with van der Waals surface area (Å²) in [5, 5.41) is 3.57. The highest BCUT2D eigenvalue weighted by atomic mass is 19.1. The number of rotatable bonds is 4. The van der Waals surface area contributed by atoms with E-state index in [1.165, 1.54) is 6.07 Å². The van der Waals surface area contributed by atoms with Gasteiger partial charge in [-0.1, -0.05) is 12.1 Å². The van der Waals surface area contributed by atoms with E-state index >= 15 is 0 Å². The van der Waals surface area contributed by atoms with Crippen LogP contribution in [-0.4, -0.2) is 73.8 Å². The highest BCUT2D eigenvalue weighted by Crippen LogP contribution is 2.34. The molecule has 0 aliphatic carbocycles. The van der Waals surface area contributed by atoms with Crippen molar-refractivity contribution in [3.63, 3.8) is 0 Å². The maximum absolute atomic E-state index is 13.9. The molecule has 0 unspecified atom stereocenters. The lowest BCUT2D eigenvalue weighted by atomic mass is 9.74. The molecule has 2 fully saturated rings. The van der Waals surface area contributed by atoms with Gasteiger partial charge in [0.2, 0.25) is 5.95 Å². The Bertz CT molecular complexity index is 848. The van der Waals surface area contributed by atoms with Gasteiger partial charge in [-0.15, -0.1) is 0 Å². The minimum atomic E-state index is -0.193. The van der Waals surface area contributed by atoms with Crippen LogP contribution in [0.3, 0.4) is 0 Å². The van der Waals surface area contributed by atoms with E-state index < -0.39 is 0 Å². The van der Waals surface area contributed by atoms with Gasteiger partial charge in [0.25, 0.3) is 0 Å². The van der Waals surface area contributed by atoms with Crippen LogP contribution in [0.15, 0.2) is 47.7 Å². The van der Waals surface area contributed by atoms with Crippen molar-refractivity contribution in [2.45, 2.75) is 18.3 Å². The maximum atomic E-state index is 13.9. The van der Waals surface area contributed by atoms with Gasteiger partial charge in [0.1, 0.15) is 5.82 Å². The predicted molar refractivity (Wildman–Crippen MR) is 115 cm³/mol. The lowest BCUT2D eigenvalue weighted by Gasteiger charge is -2.40. The summed E-state index contributed by atoms with van der Waals surface area (Å²) < 4.78 is 19.5. The van der Waals surface area contributed by atoms with Gasteiger partial charge in [0.15, 0.2) is 5.96 Å². The summed E-state index contributed by atoms with van der Waals surface area (Å²) in [5.41, 5.74) is 0.871. The van der Waals surface area contributed by atoms with Crippen molar-refractivity contribution in [2.24, 2.45) is 4.99 Å². The van der Waals surface area contributed by atoms with E-state index in [0.29, 0.717) is 19.8 Å². The van der Waals surface area contributed by atoms with Crippen LogP contribution in [0.1, 0.15) is 18.4 Å². The van der Waals surface area contributed by atoms with Gasteiger partial charge in [0.05, 0.1) is 0 Å². The zero-order valence-electron chi connectivity index (χ0n) is 17.4. The molecule has 30 heavy (non-hydrogen) atoms. The highest BCUT2D eigenvalue weighted by molar-refractivity contribution is 5.80. The SMILES string of the molecule is CN=C(NCC1(c2cccc(F)c2)CCOCC1)N1CCN(c2ncccn2)CC1. The lowest BCUT2D eigenvalue weighted by Crippen LogP contribution is -2.55. The molecule has 2 aliphatic rings. The Morgan fingerprint density at radius 3 is 2.53 bits per heavy atom. The molecule has 0 radical (unpaired) electrons. The second-order valence-corrected chi connectivity index (χ2v) is 7.83. The number of piperazine rings is 1. The summed E-state index contributed by atoms with van der Waals surface area (Å²) in [6, 6.07) is 8.81. The number of aromatic nitrogens is 2. The summed E-state index contributed by atoms with van der Waals surface area (Å²) in [6.07, 6.45) is 5.27. The molecular weight excluding hydrogens is 383 g/mol. The lowest BCUT2D eigenvalue weighted by molar-refractivity contribution is 0.0510. The number of hydrogen-bond acceptors (Lipinski definition) is 5. The van der Waals surface area contributed by atoms with Crippen molar-refractivity contribution < 1.29 is 9.13 Å². The quantitative estimate of drug-likeness (QED) is 0.613. The van der Waals surface area contributed by atoms with Crippen LogP contribution in [-0.2, 0) is 10.2 Å². The maximum Gasteiger partial charge on any atom is 0.225 e. The first-order valence-electron chi connectivity index (χ1n) is 10.5. The monoisotopic (exact) mass is 412 g/mol. The topological polar surface area (TPSA) is 65.9 Å². The molecule has 2 aliphatic heterocycles. The zero-order valence-corrected chi connectivity index (χ0v) is 17.4. The predicted octanol–water partition coefficient (Wildman–Crippen LogP) is 2.06. The molecule has 2 aromatic rings. The van der Waals surface area contributed by atoms with Crippen molar-refractivity contribution >= 4 is 11.9 Å². The Balaban J connectivity index is 1.41. The molecule has 1 N–H and O–H groups in total. The van der Waals surface area contributed by atoms with Crippen LogP contribution in [0.5, 0.6) is 0 Å². The standard InChI is InChI=1S/C22H29FN6O/c1-24-20(28-10-12-29(13-11-28)21-25-8-3-9-26-21)27-17-22(6-14-30-15-7-22)18-4-2-5-19(23)16-18/h2-5,8-9,16H,6-7,10-15,17H2,1H3,(H,24,27). The number of anilines is 1. The van der Waals surface area contributed by atoms with Gasteiger partial charge >= 0.3 is 0 Å². The third kappa shape index (κ3) is 4.53. The first-order chi connectivity index (χ1) is 14.7. The molecular formula is C22H29FN6O. The van der Waals surface area contributed by atoms with E-state index in [2.05, 4.69) is 30.1 Å². The van der Waals surface area contributed by atoms with Gasteiger partial charge in [-0.05, 0) is 36.6 Å². The van der Waals surface area contributed by atoms with Gasteiger partial charge in [-0.25, -0.2) is 14.4 Å². The zero-order chi connectivity index (χ0) is 20.8. The number of halogens is 1. The van der Waals surface area contributed by atoms with Crippen molar-refractivity contribution in [1.29, 1.82) is 0 Å². The molecule has 0 bridgehead atoms. The first-order valence-corrected chi connectivity index (χ1v) is 10.5. The van der Waals surface area contributed by atoms with E-state index in [1.807, 2.05) is 19.2 Å². The molecule has 1 aromatic heterocycles. The molecule has 0 amide bonds. The Hall–Kier alpha value is -2.74. The van der Waals surface area contributed by atoms with Crippen molar-refractivity contribution in [2.75, 3.05) is 57.9 Å². The minimum Gasteiger partial charge on any atom is -0.381 e. The normalized spacial score (nSPS) is 19.6. The van der Waals surface area contributed by atoms with E-state index in [1.54, 1.807) is 24.5 Å². The molecule has 1 aromatic carbocycles. The number of benzene rings is 1. The molecule has 0 spiro atoms. The van der Waals surface area contributed by atoms with E-state index in [4.69, 9.17) is 4.74 Å². The van der Waals surface area contributed by atoms with Crippen LogP contribution >= 0.6 is 0 Å². The minimum absolute atomic E-state index is 0.157. The molecule has 8 heteroatoms. The molecule has 0 saturated carbocycles. The van der Waals surface area contributed by atoms with Crippen LogP contribution in [0.2, 0.25) is 0 Å². The number of ether oxygens (including phenoxy) is 1. The van der Waals surface area contributed by atoms with Gasteiger partial charge in [-0.2, -0.15) is 0 Å². The number of aliphatic imine (C=N–C) groups is 1. The Kier molecular flexibility index (Phi) is 6.42. The molecule has 0 atom stereocenters. The second-order valence-electron chi connectivity index (χ2n) is 7.83. The van der Waals surface area contributed by atoms with Gasteiger partial charge in [0, 0.05) is 70.8 Å². The number of nitrogens with one attached hydrogen (secondary N) is 1. The molecule has 3 heterocycles. The fourth-order valence-electron chi connectivity index (χ4n) is 4.30. The van der Waals surface area contributed by atoms with Crippen LogP contribution in [0, 0.1) is 5.82 Å². The Labute approximate surface area is 177 Å².